The van der Waals surface area contributed by atoms with Crippen LogP contribution in [0, 0.1) is 0 Å². The molecule has 0 unspecified atom stereocenters. The highest BCUT2D eigenvalue weighted by Crippen LogP contribution is 2.26. The minimum absolute atomic E-state index is 0.457. The molecule has 14 heavy (non-hydrogen) atoms. The lowest BCUT2D eigenvalue weighted by Gasteiger charge is -2.23. The Morgan fingerprint density at radius 1 is 1.57 bits per heavy atom. The second-order valence-electron chi connectivity index (χ2n) is 3.45. The second-order valence-corrected chi connectivity index (χ2v) is 4.20. The van der Waals surface area contributed by atoms with E-state index in [9.17, 15) is 0 Å². The van der Waals surface area contributed by atoms with E-state index >= 15 is 0 Å². The van der Waals surface area contributed by atoms with Crippen molar-refractivity contribution in [3.8, 4) is 0 Å². The number of aromatic nitrogens is 2. The van der Waals surface area contributed by atoms with Gasteiger partial charge in [0.1, 0.15) is 4.60 Å². The number of nitrogens with two attached hydrogens (primary N) is 1. The molecule has 0 atom stereocenters. The van der Waals surface area contributed by atoms with Crippen LogP contribution in [0.4, 0.5) is 0 Å². The monoisotopic (exact) mass is 259 g/mol. The summed E-state index contributed by atoms with van der Waals surface area (Å²) in [6, 6.07) is 0.457. The predicted molar refractivity (Wildman–Crippen MR) is 56.9 cm³/mol. The average molecular weight is 260 g/mol. The quantitative estimate of drug-likeness (QED) is 0.875. The highest BCUT2D eigenvalue weighted by atomic mass is 79.9. The fourth-order valence-electron chi connectivity index (χ4n) is 1.70. The van der Waals surface area contributed by atoms with Gasteiger partial charge in [0.2, 0.25) is 0 Å². The van der Waals surface area contributed by atoms with Crippen LogP contribution in [0.3, 0.4) is 0 Å². The molecule has 0 aliphatic carbocycles. The maximum Gasteiger partial charge on any atom is 0.108 e. The molecule has 1 aromatic heterocycles. The van der Waals surface area contributed by atoms with E-state index in [0.717, 1.165) is 36.2 Å². The molecular formula is C9H14BrN3O. The van der Waals surface area contributed by atoms with Crippen LogP contribution in [-0.4, -0.2) is 23.0 Å². The normalized spacial score (nSPS) is 18.7. The Hall–Kier alpha value is -0.390. The van der Waals surface area contributed by atoms with Gasteiger partial charge in [0.15, 0.2) is 0 Å². The SMILES string of the molecule is NCc1cnn(C2CCOCC2)c1Br. The summed E-state index contributed by atoms with van der Waals surface area (Å²) in [5.74, 6) is 0. The standard InChI is InChI=1S/C9H14BrN3O/c10-9-7(5-11)6-12-13(9)8-1-3-14-4-2-8/h6,8H,1-5,11H2. The number of nitrogens with zero attached hydrogens (tertiary/aromatic N) is 2. The molecule has 1 aliphatic heterocycles. The summed E-state index contributed by atoms with van der Waals surface area (Å²) in [4.78, 5) is 0. The first kappa shape index (κ1) is 10.1. The summed E-state index contributed by atoms with van der Waals surface area (Å²) in [5, 5.41) is 4.34. The maximum absolute atomic E-state index is 5.59. The van der Waals surface area contributed by atoms with Crippen molar-refractivity contribution in [2.75, 3.05) is 13.2 Å². The van der Waals surface area contributed by atoms with Crippen LogP contribution in [0.5, 0.6) is 0 Å². The van der Waals surface area contributed by atoms with E-state index in [1.807, 2.05) is 10.9 Å². The molecule has 1 aromatic rings. The summed E-state index contributed by atoms with van der Waals surface area (Å²) < 4.78 is 8.35. The molecule has 0 saturated carbocycles. The third kappa shape index (κ3) is 1.85. The van der Waals surface area contributed by atoms with Crippen molar-refractivity contribution < 1.29 is 4.74 Å². The van der Waals surface area contributed by atoms with Crippen molar-refractivity contribution in [1.29, 1.82) is 0 Å². The highest BCUT2D eigenvalue weighted by Gasteiger charge is 2.19. The van der Waals surface area contributed by atoms with Gasteiger partial charge in [0.05, 0.1) is 12.2 Å². The first-order valence-corrected chi connectivity index (χ1v) is 5.62. The molecule has 1 aliphatic rings. The molecule has 2 N–H and O–H groups in total. The molecule has 78 valence electrons. The largest absolute Gasteiger partial charge is 0.381 e. The van der Waals surface area contributed by atoms with Crippen molar-refractivity contribution in [2.24, 2.45) is 5.73 Å². The third-order valence-electron chi connectivity index (χ3n) is 2.56. The van der Waals surface area contributed by atoms with Gasteiger partial charge in [-0.2, -0.15) is 5.10 Å². The number of ether oxygens (including phenoxy) is 1. The zero-order valence-electron chi connectivity index (χ0n) is 7.95. The van der Waals surface area contributed by atoms with Crippen molar-refractivity contribution in [3.05, 3.63) is 16.4 Å². The Morgan fingerprint density at radius 2 is 2.29 bits per heavy atom. The van der Waals surface area contributed by atoms with Crippen LogP contribution in [0.1, 0.15) is 24.4 Å². The van der Waals surface area contributed by atoms with E-state index in [-0.39, 0.29) is 0 Å². The van der Waals surface area contributed by atoms with Crippen molar-refractivity contribution in [3.63, 3.8) is 0 Å². The number of hydrogen-bond donors (Lipinski definition) is 1. The van der Waals surface area contributed by atoms with E-state index in [1.165, 1.54) is 0 Å². The Balaban J connectivity index is 2.18. The topological polar surface area (TPSA) is 53.1 Å². The minimum Gasteiger partial charge on any atom is -0.381 e. The van der Waals surface area contributed by atoms with Gasteiger partial charge < -0.3 is 10.5 Å². The lowest BCUT2D eigenvalue weighted by Crippen LogP contribution is -2.20. The summed E-state index contributed by atoms with van der Waals surface area (Å²) in [7, 11) is 0. The number of rotatable bonds is 2. The van der Waals surface area contributed by atoms with Gasteiger partial charge in [-0.15, -0.1) is 0 Å². The van der Waals surface area contributed by atoms with Gasteiger partial charge in [-0.25, -0.2) is 0 Å². The minimum atomic E-state index is 0.457. The van der Waals surface area contributed by atoms with Gasteiger partial charge in [-0.3, -0.25) is 4.68 Å². The van der Waals surface area contributed by atoms with E-state index in [1.54, 1.807) is 0 Å². The van der Waals surface area contributed by atoms with Gasteiger partial charge in [0.25, 0.3) is 0 Å². The smallest absolute Gasteiger partial charge is 0.108 e. The zero-order valence-corrected chi connectivity index (χ0v) is 9.53. The molecule has 2 rings (SSSR count). The van der Waals surface area contributed by atoms with E-state index in [2.05, 4.69) is 21.0 Å². The molecule has 1 fully saturated rings. The molecule has 2 heterocycles. The summed E-state index contributed by atoms with van der Waals surface area (Å²) in [5.41, 5.74) is 6.65. The third-order valence-corrected chi connectivity index (χ3v) is 3.43. The molecule has 0 aromatic carbocycles. The van der Waals surface area contributed by atoms with Crippen LogP contribution in [-0.2, 0) is 11.3 Å². The van der Waals surface area contributed by atoms with E-state index in [0.29, 0.717) is 12.6 Å². The van der Waals surface area contributed by atoms with Gasteiger partial charge in [-0.05, 0) is 28.8 Å². The molecule has 0 bridgehead atoms. The molecule has 5 heteroatoms. The van der Waals surface area contributed by atoms with Crippen molar-refractivity contribution >= 4 is 15.9 Å². The van der Waals surface area contributed by atoms with E-state index in [4.69, 9.17) is 10.5 Å². The summed E-state index contributed by atoms with van der Waals surface area (Å²) >= 11 is 3.53. The second kappa shape index (κ2) is 4.42. The Bertz CT molecular complexity index is 307. The zero-order chi connectivity index (χ0) is 9.97. The fraction of sp³-hybridized carbons (Fsp3) is 0.667. The molecule has 0 amide bonds. The Labute approximate surface area is 91.5 Å². The van der Waals surface area contributed by atoms with Crippen molar-refractivity contribution in [1.82, 2.24) is 9.78 Å². The Morgan fingerprint density at radius 3 is 2.86 bits per heavy atom. The van der Waals surface area contributed by atoms with Gasteiger partial charge >= 0.3 is 0 Å². The molecule has 4 nitrogen and oxygen atoms in total. The number of halogens is 1. The van der Waals surface area contributed by atoms with E-state index < -0.39 is 0 Å². The Kier molecular flexibility index (Phi) is 3.20. The van der Waals surface area contributed by atoms with Crippen LogP contribution in [0.2, 0.25) is 0 Å². The predicted octanol–water partition coefficient (Wildman–Crippen LogP) is 1.46. The first-order chi connectivity index (χ1) is 6.83. The van der Waals surface area contributed by atoms with Crippen LogP contribution in [0.15, 0.2) is 10.8 Å². The van der Waals surface area contributed by atoms with Crippen molar-refractivity contribution in [2.45, 2.75) is 25.4 Å². The first-order valence-electron chi connectivity index (χ1n) is 4.82. The lowest BCUT2D eigenvalue weighted by atomic mass is 10.1. The van der Waals surface area contributed by atoms with Gasteiger partial charge in [0, 0.05) is 25.3 Å². The lowest BCUT2D eigenvalue weighted by molar-refractivity contribution is 0.0656. The summed E-state index contributed by atoms with van der Waals surface area (Å²) in [6.45, 7) is 2.19. The number of hydrogen-bond acceptors (Lipinski definition) is 3. The molecule has 1 saturated heterocycles. The fourth-order valence-corrected chi connectivity index (χ4v) is 2.35. The maximum atomic E-state index is 5.59. The van der Waals surface area contributed by atoms with Crippen LogP contribution >= 0.6 is 15.9 Å². The van der Waals surface area contributed by atoms with Crippen LogP contribution in [0.25, 0.3) is 0 Å². The summed E-state index contributed by atoms with van der Waals surface area (Å²) in [6.07, 6.45) is 3.90. The molecular weight excluding hydrogens is 246 g/mol. The van der Waals surface area contributed by atoms with Gasteiger partial charge in [-0.1, -0.05) is 0 Å². The van der Waals surface area contributed by atoms with Crippen LogP contribution < -0.4 is 5.73 Å². The highest BCUT2D eigenvalue weighted by molar-refractivity contribution is 9.10. The average Bonchev–Trinajstić information content (AvgIpc) is 2.61. The molecule has 0 spiro atoms. The molecule has 0 radical (unpaired) electrons.